The highest BCUT2D eigenvalue weighted by Crippen LogP contribution is 2.34. The average Bonchev–Trinajstić information content (AvgIpc) is 3.46. The first-order valence-electron chi connectivity index (χ1n) is 9.57. The summed E-state index contributed by atoms with van der Waals surface area (Å²) in [6.45, 7) is 0.622. The minimum atomic E-state index is -0.361. The highest BCUT2D eigenvalue weighted by molar-refractivity contribution is 7.21. The van der Waals surface area contributed by atoms with Gasteiger partial charge in [0.2, 0.25) is 0 Å². The first-order valence-corrected chi connectivity index (χ1v) is 10.4. The molecule has 5 rings (SSSR count). The van der Waals surface area contributed by atoms with E-state index in [2.05, 4.69) is 15.4 Å². The largest absolute Gasteiger partial charge is 0.380 e. The van der Waals surface area contributed by atoms with E-state index in [0.29, 0.717) is 32.8 Å². The van der Waals surface area contributed by atoms with Crippen molar-refractivity contribution in [2.75, 3.05) is 12.4 Å². The Bertz CT molecular complexity index is 1370. The van der Waals surface area contributed by atoms with Crippen molar-refractivity contribution >= 4 is 38.7 Å². The number of thiophene rings is 1. The lowest BCUT2D eigenvalue weighted by Gasteiger charge is -2.04. The summed E-state index contributed by atoms with van der Waals surface area (Å²) in [5.74, 6) is -0.681. The summed E-state index contributed by atoms with van der Waals surface area (Å²) in [4.78, 5) is 17.9. The third-order valence-corrected chi connectivity index (χ3v) is 6.08. The van der Waals surface area contributed by atoms with E-state index in [9.17, 15) is 9.18 Å². The molecule has 0 aliphatic rings. The van der Waals surface area contributed by atoms with Gasteiger partial charge in [-0.1, -0.05) is 12.1 Å². The van der Waals surface area contributed by atoms with Gasteiger partial charge in [-0.05, 0) is 24.3 Å². The number of benzene rings is 1. The number of amides is 1. The first-order chi connectivity index (χ1) is 15.1. The molecule has 0 saturated heterocycles. The number of rotatable bonds is 6. The minimum Gasteiger partial charge on any atom is -0.380 e. The number of nitrogens with zero attached hydrogens (tertiary/aromatic N) is 4. The summed E-state index contributed by atoms with van der Waals surface area (Å²) in [6.07, 6.45) is 7.20. The molecule has 9 heteroatoms. The number of anilines is 1. The van der Waals surface area contributed by atoms with E-state index in [1.807, 2.05) is 35.0 Å². The molecule has 0 aliphatic carbocycles. The molecule has 0 bridgehead atoms. The Hall–Kier alpha value is -3.56. The third-order valence-electron chi connectivity index (χ3n) is 4.89. The Kier molecular flexibility index (Phi) is 4.97. The third kappa shape index (κ3) is 3.69. The zero-order valence-electron chi connectivity index (χ0n) is 16.6. The lowest BCUT2D eigenvalue weighted by molar-refractivity contribution is 0.102. The van der Waals surface area contributed by atoms with E-state index in [4.69, 9.17) is 4.74 Å². The molecule has 4 heterocycles. The van der Waals surface area contributed by atoms with Crippen molar-refractivity contribution in [3.05, 3.63) is 83.1 Å². The predicted molar refractivity (Wildman–Crippen MR) is 117 cm³/mol. The van der Waals surface area contributed by atoms with Crippen LogP contribution in [0.2, 0.25) is 0 Å². The van der Waals surface area contributed by atoms with Crippen LogP contribution in [0.25, 0.3) is 15.7 Å². The van der Waals surface area contributed by atoms with Crippen molar-refractivity contribution in [3.63, 3.8) is 0 Å². The number of fused-ring (bicyclic) bond motifs is 2. The molecule has 7 nitrogen and oxygen atoms in total. The Morgan fingerprint density at radius 3 is 2.97 bits per heavy atom. The first kappa shape index (κ1) is 19.4. The molecule has 0 atom stereocenters. The maximum absolute atomic E-state index is 14.4. The summed E-state index contributed by atoms with van der Waals surface area (Å²) >= 11 is 1.25. The van der Waals surface area contributed by atoms with E-state index in [-0.39, 0.29) is 18.3 Å². The number of carbonyl (C=O) groups excluding carboxylic acids is 1. The van der Waals surface area contributed by atoms with Gasteiger partial charge >= 0.3 is 0 Å². The predicted octanol–water partition coefficient (Wildman–Crippen LogP) is 4.33. The standard InChI is InChI=1S/C22H18FN5O2S/c1-30-13-16-20-17(23)5-4-6-18(20)31-21(16)22(29)26-14-9-24-28(11-14)12-15-10-27-8-3-2-7-19(27)25-15/h2-11H,12-13H2,1H3,(H,26,29). The summed E-state index contributed by atoms with van der Waals surface area (Å²) in [5, 5.41) is 7.60. The summed E-state index contributed by atoms with van der Waals surface area (Å²) in [6, 6.07) is 10.6. The molecule has 31 heavy (non-hydrogen) atoms. The van der Waals surface area contributed by atoms with Crippen LogP contribution in [-0.2, 0) is 17.9 Å². The van der Waals surface area contributed by atoms with Crippen LogP contribution in [0.5, 0.6) is 0 Å². The molecule has 4 aromatic heterocycles. The maximum atomic E-state index is 14.4. The van der Waals surface area contributed by atoms with Crippen molar-refractivity contribution in [1.29, 1.82) is 0 Å². The minimum absolute atomic E-state index is 0.150. The zero-order chi connectivity index (χ0) is 21.4. The number of ether oxygens (including phenoxy) is 1. The average molecular weight is 435 g/mol. The number of methoxy groups -OCH3 is 1. The van der Waals surface area contributed by atoms with Gasteiger partial charge in [-0.3, -0.25) is 9.48 Å². The van der Waals surface area contributed by atoms with Crippen molar-refractivity contribution in [2.24, 2.45) is 0 Å². The monoisotopic (exact) mass is 435 g/mol. The second-order valence-electron chi connectivity index (χ2n) is 7.03. The van der Waals surface area contributed by atoms with Crippen molar-refractivity contribution in [2.45, 2.75) is 13.2 Å². The number of pyridine rings is 1. The molecule has 1 N–H and O–H groups in total. The number of hydrogen-bond donors (Lipinski definition) is 1. The number of imidazole rings is 1. The van der Waals surface area contributed by atoms with Crippen LogP contribution < -0.4 is 5.32 Å². The van der Waals surface area contributed by atoms with Crippen LogP contribution in [-0.4, -0.2) is 32.2 Å². The number of carbonyl (C=O) groups is 1. The van der Waals surface area contributed by atoms with Gasteiger partial charge in [-0.25, -0.2) is 9.37 Å². The quantitative estimate of drug-likeness (QED) is 0.431. The SMILES string of the molecule is COCc1c(C(=O)Nc2cnn(Cc3cn4ccccc4n3)c2)sc2cccc(F)c12. The van der Waals surface area contributed by atoms with Crippen LogP contribution in [0.1, 0.15) is 20.9 Å². The van der Waals surface area contributed by atoms with Crippen molar-refractivity contribution in [3.8, 4) is 0 Å². The van der Waals surface area contributed by atoms with Gasteiger partial charge in [-0.2, -0.15) is 5.10 Å². The smallest absolute Gasteiger partial charge is 0.266 e. The van der Waals surface area contributed by atoms with Crippen LogP contribution >= 0.6 is 11.3 Å². The number of halogens is 1. The fourth-order valence-electron chi connectivity index (χ4n) is 3.56. The van der Waals surface area contributed by atoms with Gasteiger partial charge in [0.25, 0.3) is 5.91 Å². The molecule has 156 valence electrons. The van der Waals surface area contributed by atoms with Crippen molar-refractivity contribution < 1.29 is 13.9 Å². The normalized spacial score (nSPS) is 11.4. The lowest BCUT2D eigenvalue weighted by Crippen LogP contribution is -2.12. The van der Waals surface area contributed by atoms with Crippen LogP contribution in [0.3, 0.4) is 0 Å². The van der Waals surface area contributed by atoms with E-state index >= 15 is 0 Å². The van der Waals surface area contributed by atoms with Gasteiger partial charge in [0.15, 0.2) is 0 Å². The Morgan fingerprint density at radius 1 is 1.23 bits per heavy atom. The highest BCUT2D eigenvalue weighted by Gasteiger charge is 2.21. The molecule has 0 fully saturated rings. The second-order valence-corrected chi connectivity index (χ2v) is 8.09. The fourth-order valence-corrected chi connectivity index (χ4v) is 4.68. The van der Waals surface area contributed by atoms with Crippen LogP contribution in [0.4, 0.5) is 10.1 Å². The topological polar surface area (TPSA) is 73.5 Å². The van der Waals surface area contributed by atoms with Crippen LogP contribution in [0, 0.1) is 5.82 Å². The van der Waals surface area contributed by atoms with Gasteiger partial charge in [-0.15, -0.1) is 11.3 Å². The molecule has 0 radical (unpaired) electrons. The van der Waals surface area contributed by atoms with E-state index in [1.165, 1.54) is 24.5 Å². The molecule has 1 aromatic carbocycles. The maximum Gasteiger partial charge on any atom is 0.266 e. The lowest BCUT2D eigenvalue weighted by atomic mass is 10.1. The molecule has 0 spiro atoms. The van der Waals surface area contributed by atoms with Gasteiger partial charge < -0.3 is 14.5 Å². The van der Waals surface area contributed by atoms with Gasteiger partial charge in [0.05, 0.1) is 35.6 Å². The summed E-state index contributed by atoms with van der Waals surface area (Å²) in [5.41, 5.74) is 2.82. The summed E-state index contributed by atoms with van der Waals surface area (Å²) in [7, 11) is 1.52. The zero-order valence-corrected chi connectivity index (χ0v) is 17.4. The molecule has 0 aliphatic heterocycles. The number of hydrogen-bond acceptors (Lipinski definition) is 5. The Morgan fingerprint density at radius 2 is 2.13 bits per heavy atom. The van der Waals surface area contributed by atoms with E-state index < -0.39 is 0 Å². The molecular weight excluding hydrogens is 417 g/mol. The van der Waals surface area contributed by atoms with E-state index in [1.54, 1.807) is 29.2 Å². The second kappa shape index (κ2) is 7.93. The Balaban J connectivity index is 1.37. The molecule has 0 unspecified atom stereocenters. The molecule has 1 amide bonds. The number of aromatic nitrogens is 4. The Labute approximate surface area is 180 Å². The molecular formula is C22H18FN5O2S. The molecule has 5 aromatic rings. The van der Waals surface area contributed by atoms with Crippen LogP contribution in [0.15, 0.2) is 61.2 Å². The van der Waals surface area contributed by atoms with Gasteiger partial charge in [0, 0.05) is 41.3 Å². The molecule has 0 saturated carbocycles. The van der Waals surface area contributed by atoms with Crippen molar-refractivity contribution in [1.82, 2.24) is 19.2 Å². The fraction of sp³-hybridized carbons (Fsp3) is 0.136. The van der Waals surface area contributed by atoms with E-state index in [0.717, 1.165) is 11.3 Å². The van der Waals surface area contributed by atoms with Gasteiger partial charge in [0.1, 0.15) is 11.5 Å². The summed E-state index contributed by atoms with van der Waals surface area (Å²) < 4.78 is 23.9. The number of nitrogens with one attached hydrogen (secondary N) is 1. The highest BCUT2D eigenvalue weighted by atomic mass is 32.1.